The van der Waals surface area contributed by atoms with E-state index in [1.54, 1.807) is 24.4 Å². The molecule has 3 aromatic heterocycles. The summed E-state index contributed by atoms with van der Waals surface area (Å²) in [6.45, 7) is 17.5. The Morgan fingerprint density at radius 2 is 1.66 bits per heavy atom. The third kappa shape index (κ3) is 7.33. The molecule has 8 heteroatoms. The van der Waals surface area contributed by atoms with E-state index in [0.717, 1.165) is 54.1 Å². The molecule has 0 N–H and O–H groups in total. The van der Waals surface area contributed by atoms with Crippen LogP contribution in [0.15, 0.2) is 104 Å². The summed E-state index contributed by atoms with van der Waals surface area (Å²) in [6, 6.07) is 17.8. The lowest BCUT2D eigenvalue weighted by atomic mass is 10.0. The van der Waals surface area contributed by atoms with Crippen LogP contribution in [-0.2, 0) is 0 Å². The van der Waals surface area contributed by atoms with Crippen LogP contribution in [0.2, 0.25) is 0 Å². The summed E-state index contributed by atoms with van der Waals surface area (Å²) >= 11 is 0. The Hall–Kier alpha value is -4.95. The van der Waals surface area contributed by atoms with Crippen molar-refractivity contribution in [2.75, 3.05) is 32.8 Å². The van der Waals surface area contributed by atoms with Gasteiger partial charge in [-0.05, 0) is 62.2 Å². The lowest BCUT2D eigenvalue weighted by molar-refractivity contribution is 0.0595. The van der Waals surface area contributed by atoms with Gasteiger partial charge in [0.2, 0.25) is 5.88 Å². The number of hydrogen-bond donors (Lipinski definition) is 0. The number of piperazine rings is 1. The van der Waals surface area contributed by atoms with Crippen molar-refractivity contribution in [1.29, 1.82) is 0 Å². The Morgan fingerprint density at radius 3 is 2.34 bits per heavy atom. The predicted molar refractivity (Wildman–Crippen MR) is 175 cm³/mol. The van der Waals surface area contributed by atoms with E-state index >= 15 is 0 Å². The summed E-state index contributed by atoms with van der Waals surface area (Å²) < 4.78 is 6.06. The first-order valence-corrected chi connectivity index (χ1v) is 14.8. The normalized spacial score (nSPS) is 14.0. The fourth-order valence-electron chi connectivity index (χ4n) is 5.08. The first-order valence-electron chi connectivity index (χ1n) is 14.8. The number of amides is 1. The Bertz CT molecular complexity index is 1670. The monoisotopic (exact) mass is 586 g/mol. The van der Waals surface area contributed by atoms with Crippen molar-refractivity contribution in [3.63, 3.8) is 0 Å². The zero-order chi connectivity index (χ0) is 31.1. The van der Waals surface area contributed by atoms with Gasteiger partial charge in [0.25, 0.3) is 5.91 Å². The molecule has 1 aliphatic rings. The molecule has 5 rings (SSSR count). The van der Waals surface area contributed by atoms with E-state index in [4.69, 9.17) is 9.72 Å². The van der Waals surface area contributed by atoms with Crippen LogP contribution in [0.5, 0.6) is 5.88 Å². The maximum absolute atomic E-state index is 13.2. The van der Waals surface area contributed by atoms with Crippen LogP contribution in [0, 0.1) is 6.92 Å². The number of aryl methyl sites for hydroxylation is 1. The van der Waals surface area contributed by atoms with E-state index in [1.165, 1.54) is 0 Å². The lowest BCUT2D eigenvalue weighted by Gasteiger charge is -2.37. The van der Waals surface area contributed by atoms with Gasteiger partial charge in [0.05, 0.1) is 5.69 Å². The van der Waals surface area contributed by atoms with Gasteiger partial charge in [-0.2, -0.15) is 4.98 Å². The zero-order valence-electron chi connectivity index (χ0n) is 25.6. The van der Waals surface area contributed by atoms with Crippen LogP contribution in [0.1, 0.15) is 29.9 Å². The van der Waals surface area contributed by atoms with Gasteiger partial charge in [0.1, 0.15) is 12.3 Å². The molecule has 0 unspecified atom stereocenters. The number of aromatic nitrogens is 4. The van der Waals surface area contributed by atoms with E-state index in [-0.39, 0.29) is 12.5 Å². The first-order chi connectivity index (χ1) is 21.3. The molecule has 0 atom stereocenters. The molecule has 0 bridgehead atoms. The van der Waals surface area contributed by atoms with Crippen molar-refractivity contribution in [3.05, 3.63) is 115 Å². The van der Waals surface area contributed by atoms with Gasteiger partial charge in [-0.3, -0.25) is 14.7 Å². The Kier molecular flexibility index (Phi) is 9.72. The van der Waals surface area contributed by atoms with E-state index in [0.29, 0.717) is 34.7 Å². The van der Waals surface area contributed by atoms with Gasteiger partial charge in [0.15, 0.2) is 5.82 Å². The molecule has 224 valence electrons. The largest absolute Gasteiger partial charge is 0.473 e. The van der Waals surface area contributed by atoms with Crippen LogP contribution >= 0.6 is 0 Å². The minimum absolute atomic E-state index is 0.0696. The highest BCUT2D eigenvalue weighted by atomic mass is 16.5. The average molecular weight is 587 g/mol. The molecule has 8 nitrogen and oxygen atoms in total. The van der Waals surface area contributed by atoms with Gasteiger partial charge in [-0.15, -0.1) is 0 Å². The van der Waals surface area contributed by atoms with Crippen molar-refractivity contribution in [2.45, 2.75) is 26.8 Å². The zero-order valence-corrected chi connectivity index (χ0v) is 25.6. The van der Waals surface area contributed by atoms with E-state index < -0.39 is 0 Å². The highest BCUT2D eigenvalue weighted by molar-refractivity contribution is 5.94. The number of carbonyl (C=O) groups excluding carboxylic acids is 1. The summed E-state index contributed by atoms with van der Waals surface area (Å²) in [6.07, 6.45) is 8.85. The van der Waals surface area contributed by atoms with E-state index in [1.807, 2.05) is 72.6 Å². The van der Waals surface area contributed by atoms with Crippen molar-refractivity contribution in [1.82, 2.24) is 29.7 Å². The van der Waals surface area contributed by atoms with Gasteiger partial charge in [-0.25, -0.2) is 9.97 Å². The SMILES string of the molecule is C=C/C=C(\C=C)COc1cc(-c2cncc(-c3ccc(C(=O)N4CCN(C(C)C)CC4)cc3)c2)nc(-c2cccc(C)n2)n1. The second-order valence-electron chi connectivity index (χ2n) is 11.0. The van der Waals surface area contributed by atoms with Gasteiger partial charge < -0.3 is 9.64 Å². The second kappa shape index (κ2) is 14.0. The molecular weight excluding hydrogens is 548 g/mol. The summed E-state index contributed by atoms with van der Waals surface area (Å²) in [5, 5.41) is 0. The van der Waals surface area contributed by atoms with Crippen molar-refractivity contribution < 1.29 is 9.53 Å². The number of nitrogens with zero attached hydrogens (tertiary/aromatic N) is 6. The lowest BCUT2D eigenvalue weighted by Crippen LogP contribution is -2.50. The summed E-state index contributed by atoms with van der Waals surface area (Å²) in [7, 11) is 0. The molecule has 1 amide bonds. The van der Waals surface area contributed by atoms with Gasteiger partial charge >= 0.3 is 0 Å². The highest BCUT2D eigenvalue weighted by Crippen LogP contribution is 2.28. The Labute approximate surface area is 259 Å². The molecule has 0 radical (unpaired) electrons. The summed E-state index contributed by atoms with van der Waals surface area (Å²) in [4.78, 5) is 36.1. The fraction of sp³-hybridized carbons (Fsp3) is 0.250. The second-order valence-corrected chi connectivity index (χ2v) is 11.0. The quantitative estimate of drug-likeness (QED) is 0.198. The molecule has 0 spiro atoms. The number of benzene rings is 1. The number of pyridine rings is 2. The molecule has 1 aromatic carbocycles. The van der Waals surface area contributed by atoms with Crippen LogP contribution in [0.3, 0.4) is 0 Å². The van der Waals surface area contributed by atoms with Crippen LogP contribution < -0.4 is 4.74 Å². The topological polar surface area (TPSA) is 84.3 Å². The molecule has 1 aliphatic heterocycles. The maximum Gasteiger partial charge on any atom is 0.253 e. The molecule has 0 saturated carbocycles. The average Bonchev–Trinajstić information content (AvgIpc) is 3.06. The molecule has 1 saturated heterocycles. The van der Waals surface area contributed by atoms with Gasteiger partial charge in [-0.1, -0.05) is 49.6 Å². The fourth-order valence-corrected chi connectivity index (χ4v) is 5.08. The molecular formula is C36H38N6O2. The highest BCUT2D eigenvalue weighted by Gasteiger charge is 2.23. The smallest absolute Gasteiger partial charge is 0.253 e. The third-order valence-corrected chi connectivity index (χ3v) is 7.63. The maximum atomic E-state index is 13.2. The summed E-state index contributed by atoms with van der Waals surface area (Å²) in [5.41, 5.74) is 6.40. The number of ether oxygens (including phenoxy) is 1. The molecule has 4 aromatic rings. The van der Waals surface area contributed by atoms with Gasteiger partial charge in [0, 0.05) is 73.1 Å². The Morgan fingerprint density at radius 1 is 0.909 bits per heavy atom. The van der Waals surface area contributed by atoms with Crippen LogP contribution in [0.25, 0.3) is 33.9 Å². The minimum Gasteiger partial charge on any atom is -0.473 e. The minimum atomic E-state index is 0.0696. The predicted octanol–water partition coefficient (Wildman–Crippen LogP) is 6.42. The molecule has 0 aliphatic carbocycles. The van der Waals surface area contributed by atoms with Crippen molar-refractivity contribution in [3.8, 4) is 39.8 Å². The molecule has 44 heavy (non-hydrogen) atoms. The number of allylic oxidation sites excluding steroid dienone is 2. The number of hydrogen-bond acceptors (Lipinski definition) is 7. The first kappa shape index (κ1) is 30.5. The molecule has 1 fully saturated rings. The van der Waals surface area contributed by atoms with E-state index in [2.05, 4.69) is 46.9 Å². The summed E-state index contributed by atoms with van der Waals surface area (Å²) in [5.74, 6) is 0.935. The van der Waals surface area contributed by atoms with E-state index in [9.17, 15) is 4.79 Å². The number of rotatable bonds is 10. The van der Waals surface area contributed by atoms with Crippen LogP contribution in [-0.4, -0.2) is 74.5 Å². The number of carbonyl (C=O) groups is 1. The van der Waals surface area contributed by atoms with Crippen molar-refractivity contribution in [2.24, 2.45) is 0 Å². The Balaban J connectivity index is 1.40. The van der Waals surface area contributed by atoms with Crippen LogP contribution in [0.4, 0.5) is 0 Å². The third-order valence-electron chi connectivity index (χ3n) is 7.63. The van der Waals surface area contributed by atoms with Crippen molar-refractivity contribution >= 4 is 5.91 Å². The standard InChI is InChI=1S/C36H38N6O2/c1-6-9-27(7-2)24-44-34-21-33(39-35(40-34)32-11-8-10-26(5)38-32)31-20-30(22-37-23-31)28-12-14-29(15-13-28)36(43)42-18-16-41(17-19-42)25(3)4/h6-15,20-23,25H,1-2,16-19,24H2,3-5H3/b27-9+. The molecule has 4 heterocycles.